The maximum Gasteiger partial charge on any atom is 0.257 e. The van der Waals surface area contributed by atoms with E-state index in [1.54, 1.807) is 24.3 Å². The SMILES string of the molecule is Cc1c(Cc2ccccc2)sc(NC(=S)NC(=O)c2ccc(OCCC(C)C)cc2)c1C(N)=O. The summed E-state index contributed by atoms with van der Waals surface area (Å²) < 4.78 is 5.69. The van der Waals surface area contributed by atoms with Crippen LogP contribution in [0.25, 0.3) is 0 Å². The lowest BCUT2D eigenvalue weighted by molar-refractivity contribution is 0.0975. The minimum absolute atomic E-state index is 0.0947. The smallest absolute Gasteiger partial charge is 0.257 e. The van der Waals surface area contributed by atoms with Crippen molar-refractivity contribution in [3.8, 4) is 5.75 Å². The number of nitrogens with one attached hydrogen (secondary N) is 2. The minimum Gasteiger partial charge on any atom is -0.494 e. The third-order valence-electron chi connectivity index (χ3n) is 5.23. The molecular formula is C26H29N3O3S2. The van der Waals surface area contributed by atoms with Crippen molar-refractivity contribution in [3.05, 3.63) is 81.7 Å². The number of primary amides is 1. The quantitative estimate of drug-likeness (QED) is 0.350. The second kappa shape index (κ2) is 11.8. The van der Waals surface area contributed by atoms with Crippen molar-refractivity contribution in [1.29, 1.82) is 0 Å². The number of carbonyl (C=O) groups excluding carboxylic acids is 2. The number of hydrogen-bond acceptors (Lipinski definition) is 5. The van der Waals surface area contributed by atoms with Crippen LogP contribution in [0.15, 0.2) is 54.6 Å². The van der Waals surface area contributed by atoms with Crippen LogP contribution in [0.5, 0.6) is 5.75 Å². The lowest BCUT2D eigenvalue weighted by Crippen LogP contribution is -2.34. The summed E-state index contributed by atoms with van der Waals surface area (Å²) in [7, 11) is 0. The number of benzene rings is 2. The Hall–Kier alpha value is -3.23. The van der Waals surface area contributed by atoms with E-state index in [9.17, 15) is 9.59 Å². The summed E-state index contributed by atoms with van der Waals surface area (Å²) in [6, 6.07) is 16.9. The maximum absolute atomic E-state index is 12.6. The molecule has 0 aliphatic carbocycles. The molecule has 1 heterocycles. The first-order valence-corrected chi connectivity index (χ1v) is 12.3. The number of carbonyl (C=O) groups is 2. The van der Waals surface area contributed by atoms with E-state index >= 15 is 0 Å². The standard InChI is InChI=1S/C26H29N3O3S2/c1-16(2)13-14-32-20-11-9-19(10-12-20)24(31)28-26(33)29-25-22(23(27)30)17(3)21(34-25)15-18-7-5-4-6-8-18/h4-12,16H,13-15H2,1-3H3,(H2,27,30)(H2,28,29,31,33). The highest BCUT2D eigenvalue weighted by atomic mass is 32.1. The Morgan fingerprint density at radius 3 is 2.38 bits per heavy atom. The van der Waals surface area contributed by atoms with Crippen molar-refractivity contribution in [3.63, 3.8) is 0 Å². The van der Waals surface area contributed by atoms with Crippen LogP contribution in [0.2, 0.25) is 0 Å². The summed E-state index contributed by atoms with van der Waals surface area (Å²) in [5, 5.41) is 6.26. The third-order valence-corrected chi connectivity index (χ3v) is 6.65. The zero-order valence-electron chi connectivity index (χ0n) is 19.5. The van der Waals surface area contributed by atoms with Gasteiger partial charge < -0.3 is 15.8 Å². The number of anilines is 1. The molecular weight excluding hydrogens is 466 g/mol. The molecule has 0 saturated heterocycles. The highest BCUT2D eigenvalue weighted by molar-refractivity contribution is 7.80. The Bertz CT molecular complexity index is 1160. The van der Waals surface area contributed by atoms with Crippen molar-refractivity contribution in [1.82, 2.24) is 5.32 Å². The van der Waals surface area contributed by atoms with E-state index in [2.05, 4.69) is 24.5 Å². The van der Waals surface area contributed by atoms with Crippen molar-refractivity contribution in [2.75, 3.05) is 11.9 Å². The van der Waals surface area contributed by atoms with Crippen LogP contribution in [0.1, 0.15) is 57.0 Å². The normalized spacial score (nSPS) is 10.7. The first kappa shape index (κ1) is 25.4. The van der Waals surface area contributed by atoms with Crippen molar-refractivity contribution in [2.45, 2.75) is 33.6 Å². The molecule has 0 aliphatic rings. The van der Waals surface area contributed by atoms with Gasteiger partial charge in [0.2, 0.25) is 0 Å². The number of thiophene rings is 1. The van der Waals surface area contributed by atoms with Crippen LogP contribution in [0.3, 0.4) is 0 Å². The van der Waals surface area contributed by atoms with Gasteiger partial charge in [-0.05, 0) is 66.9 Å². The Morgan fingerprint density at radius 2 is 1.76 bits per heavy atom. The largest absolute Gasteiger partial charge is 0.494 e. The second-order valence-corrected chi connectivity index (χ2v) is 9.86. The van der Waals surface area contributed by atoms with Crippen LogP contribution < -0.4 is 21.1 Å². The number of hydrogen-bond donors (Lipinski definition) is 3. The first-order valence-electron chi connectivity index (χ1n) is 11.1. The molecule has 34 heavy (non-hydrogen) atoms. The molecule has 0 unspecified atom stereocenters. The van der Waals surface area contributed by atoms with Gasteiger partial charge in [-0.2, -0.15) is 0 Å². The summed E-state index contributed by atoms with van der Waals surface area (Å²) in [5.74, 6) is 0.376. The Kier molecular flexibility index (Phi) is 8.79. The molecule has 0 aliphatic heterocycles. The lowest BCUT2D eigenvalue weighted by Gasteiger charge is -2.11. The van der Waals surface area contributed by atoms with Crippen LogP contribution in [-0.4, -0.2) is 23.5 Å². The number of rotatable bonds is 9. The molecule has 0 fully saturated rings. The number of ether oxygens (including phenoxy) is 1. The molecule has 178 valence electrons. The van der Waals surface area contributed by atoms with Crippen molar-refractivity contribution in [2.24, 2.45) is 11.7 Å². The maximum atomic E-state index is 12.6. The van der Waals surface area contributed by atoms with Crippen LogP contribution in [0.4, 0.5) is 5.00 Å². The molecule has 3 aromatic rings. The van der Waals surface area contributed by atoms with Crippen LogP contribution in [-0.2, 0) is 6.42 Å². The zero-order valence-corrected chi connectivity index (χ0v) is 21.1. The van der Waals surface area contributed by atoms with E-state index in [4.69, 9.17) is 22.7 Å². The molecule has 0 bridgehead atoms. The monoisotopic (exact) mass is 495 g/mol. The molecule has 3 rings (SSSR count). The van der Waals surface area contributed by atoms with Gasteiger partial charge in [0.25, 0.3) is 11.8 Å². The Balaban J connectivity index is 1.65. The van der Waals surface area contributed by atoms with Crippen molar-refractivity contribution >= 4 is 45.5 Å². The fraction of sp³-hybridized carbons (Fsp3) is 0.269. The molecule has 0 radical (unpaired) electrons. The minimum atomic E-state index is -0.544. The fourth-order valence-corrected chi connectivity index (χ4v) is 4.83. The summed E-state index contributed by atoms with van der Waals surface area (Å²) in [5.41, 5.74) is 8.41. The van der Waals surface area contributed by atoms with E-state index in [1.165, 1.54) is 11.3 Å². The highest BCUT2D eigenvalue weighted by Crippen LogP contribution is 2.34. The van der Waals surface area contributed by atoms with Gasteiger partial charge in [0.05, 0.1) is 12.2 Å². The number of thiocarbonyl (C=S) groups is 1. The Morgan fingerprint density at radius 1 is 1.09 bits per heavy atom. The molecule has 1 aromatic heterocycles. The highest BCUT2D eigenvalue weighted by Gasteiger charge is 2.21. The number of amides is 2. The van der Waals surface area contributed by atoms with Gasteiger partial charge in [0.1, 0.15) is 10.8 Å². The second-order valence-electron chi connectivity index (χ2n) is 8.34. The molecule has 8 heteroatoms. The Labute approximate surface area is 209 Å². The summed E-state index contributed by atoms with van der Waals surface area (Å²) in [6.07, 6.45) is 1.63. The average molecular weight is 496 g/mol. The van der Waals surface area contributed by atoms with Gasteiger partial charge in [-0.15, -0.1) is 11.3 Å². The van der Waals surface area contributed by atoms with Gasteiger partial charge in [-0.25, -0.2) is 0 Å². The molecule has 4 N–H and O–H groups in total. The van der Waals surface area contributed by atoms with Gasteiger partial charge in [0, 0.05) is 16.9 Å². The molecule has 6 nitrogen and oxygen atoms in total. The first-order chi connectivity index (χ1) is 16.2. The van der Waals surface area contributed by atoms with E-state index in [0.717, 1.165) is 22.4 Å². The molecule has 0 saturated carbocycles. The molecule has 0 atom stereocenters. The average Bonchev–Trinajstić information content (AvgIpc) is 3.09. The van der Waals surface area contributed by atoms with E-state index < -0.39 is 5.91 Å². The molecule has 2 aromatic carbocycles. The predicted octanol–water partition coefficient (Wildman–Crippen LogP) is 5.30. The topological polar surface area (TPSA) is 93.4 Å². The van der Waals surface area contributed by atoms with Gasteiger partial charge in [0.15, 0.2) is 5.11 Å². The molecule has 0 spiro atoms. The molecule has 2 amide bonds. The van der Waals surface area contributed by atoms with Gasteiger partial charge >= 0.3 is 0 Å². The van der Waals surface area contributed by atoms with E-state index in [-0.39, 0.29) is 11.0 Å². The van der Waals surface area contributed by atoms with Gasteiger partial charge in [-0.3, -0.25) is 14.9 Å². The van der Waals surface area contributed by atoms with Crippen LogP contribution in [0, 0.1) is 12.8 Å². The summed E-state index contributed by atoms with van der Waals surface area (Å²) in [6.45, 7) is 6.78. The van der Waals surface area contributed by atoms with E-state index in [1.807, 2.05) is 37.3 Å². The van der Waals surface area contributed by atoms with Crippen LogP contribution >= 0.6 is 23.6 Å². The van der Waals surface area contributed by atoms with Crippen molar-refractivity contribution < 1.29 is 14.3 Å². The zero-order chi connectivity index (χ0) is 24.7. The van der Waals surface area contributed by atoms with E-state index in [0.29, 0.717) is 40.8 Å². The summed E-state index contributed by atoms with van der Waals surface area (Å²) in [4.78, 5) is 25.8. The summed E-state index contributed by atoms with van der Waals surface area (Å²) >= 11 is 6.74. The fourth-order valence-electron chi connectivity index (χ4n) is 3.32. The van der Waals surface area contributed by atoms with Gasteiger partial charge in [-0.1, -0.05) is 44.2 Å². The lowest BCUT2D eigenvalue weighted by atomic mass is 10.1. The predicted molar refractivity (Wildman–Crippen MR) is 142 cm³/mol. The number of nitrogens with two attached hydrogens (primary N) is 1. The third kappa shape index (κ3) is 6.88.